The van der Waals surface area contributed by atoms with Gasteiger partial charge in [0.1, 0.15) is 12.4 Å². The molecule has 148 valence electrons. The molecule has 1 aromatic carbocycles. The standard InChI is InChI=1S/C20H33N3O2.HI/c1-4-21-19(23-16-20(10-11-20)12-14-24-5-2)22-13-15-25-18-8-6-17(3)7-9-18;/h6-9H,4-5,10-16H2,1-3H3,(H2,21,22,23);1H. The molecule has 0 atom stereocenters. The lowest BCUT2D eigenvalue weighted by atomic mass is 10.0. The summed E-state index contributed by atoms with van der Waals surface area (Å²) in [6.45, 7) is 10.9. The molecule has 0 unspecified atom stereocenters. The lowest BCUT2D eigenvalue weighted by molar-refractivity contribution is 0.129. The van der Waals surface area contributed by atoms with E-state index in [1.807, 2.05) is 19.1 Å². The van der Waals surface area contributed by atoms with Crippen LogP contribution in [0.3, 0.4) is 0 Å². The van der Waals surface area contributed by atoms with Crippen LogP contribution in [0.4, 0.5) is 0 Å². The number of guanidine groups is 1. The van der Waals surface area contributed by atoms with Crippen LogP contribution >= 0.6 is 24.0 Å². The van der Waals surface area contributed by atoms with Crippen molar-refractivity contribution in [1.29, 1.82) is 0 Å². The molecule has 2 rings (SSSR count). The van der Waals surface area contributed by atoms with E-state index >= 15 is 0 Å². The van der Waals surface area contributed by atoms with Gasteiger partial charge in [-0.2, -0.15) is 0 Å². The molecule has 1 aromatic rings. The Labute approximate surface area is 175 Å². The number of nitrogens with one attached hydrogen (secondary N) is 2. The fourth-order valence-electron chi connectivity index (χ4n) is 2.66. The highest BCUT2D eigenvalue weighted by atomic mass is 127. The number of aryl methyl sites for hydroxylation is 1. The summed E-state index contributed by atoms with van der Waals surface area (Å²) in [4.78, 5) is 4.77. The van der Waals surface area contributed by atoms with Gasteiger partial charge in [-0.1, -0.05) is 17.7 Å². The van der Waals surface area contributed by atoms with E-state index in [1.54, 1.807) is 0 Å². The Morgan fingerprint density at radius 2 is 1.85 bits per heavy atom. The Balaban J connectivity index is 0.00000338. The Bertz CT molecular complexity index is 530. The lowest BCUT2D eigenvalue weighted by Crippen LogP contribution is -2.39. The van der Waals surface area contributed by atoms with Crippen molar-refractivity contribution in [2.24, 2.45) is 10.4 Å². The third-order valence-corrected chi connectivity index (χ3v) is 4.54. The largest absolute Gasteiger partial charge is 0.492 e. The van der Waals surface area contributed by atoms with E-state index in [2.05, 4.69) is 36.6 Å². The van der Waals surface area contributed by atoms with Crippen molar-refractivity contribution in [3.63, 3.8) is 0 Å². The Morgan fingerprint density at radius 1 is 1.12 bits per heavy atom. The minimum Gasteiger partial charge on any atom is -0.492 e. The average molecular weight is 475 g/mol. The van der Waals surface area contributed by atoms with E-state index in [1.165, 1.54) is 18.4 Å². The predicted molar refractivity (Wildman–Crippen MR) is 119 cm³/mol. The number of hydrogen-bond acceptors (Lipinski definition) is 3. The van der Waals surface area contributed by atoms with Crippen LogP contribution in [-0.4, -0.2) is 45.4 Å². The van der Waals surface area contributed by atoms with Crippen molar-refractivity contribution in [3.05, 3.63) is 29.8 Å². The molecule has 5 nitrogen and oxygen atoms in total. The fraction of sp³-hybridized carbons (Fsp3) is 0.650. The third-order valence-electron chi connectivity index (χ3n) is 4.54. The minimum absolute atomic E-state index is 0. The maximum Gasteiger partial charge on any atom is 0.191 e. The van der Waals surface area contributed by atoms with Crippen LogP contribution in [0.2, 0.25) is 0 Å². The van der Waals surface area contributed by atoms with Crippen molar-refractivity contribution in [1.82, 2.24) is 10.6 Å². The summed E-state index contributed by atoms with van der Waals surface area (Å²) in [5, 5.41) is 6.66. The van der Waals surface area contributed by atoms with E-state index in [4.69, 9.17) is 14.5 Å². The molecule has 0 heterocycles. The van der Waals surface area contributed by atoms with Crippen molar-refractivity contribution < 1.29 is 9.47 Å². The summed E-state index contributed by atoms with van der Waals surface area (Å²) < 4.78 is 11.2. The van der Waals surface area contributed by atoms with Gasteiger partial charge in [-0.3, -0.25) is 4.99 Å². The third kappa shape index (κ3) is 8.58. The summed E-state index contributed by atoms with van der Waals surface area (Å²) in [5.41, 5.74) is 1.61. The van der Waals surface area contributed by atoms with Crippen LogP contribution in [0.25, 0.3) is 0 Å². The molecular weight excluding hydrogens is 441 g/mol. The molecule has 0 spiro atoms. The molecular formula is C20H34IN3O2. The molecule has 0 bridgehead atoms. The highest BCUT2D eigenvalue weighted by Gasteiger charge is 2.41. The van der Waals surface area contributed by atoms with E-state index < -0.39 is 0 Å². The highest BCUT2D eigenvalue weighted by molar-refractivity contribution is 14.0. The molecule has 0 radical (unpaired) electrons. The smallest absolute Gasteiger partial charge is 0.191 e. The number of rotatable bonds is 11. The number of hydrogen-bond donors (Lipinski definition) is 2. The first-order valence-corrected chi connectivity index (χ1v) is 9.47. The van der Waals surface area contributed by atoms with E-state index in [-0.39, 0.29) is 24.0 Å². The second-order valence-electron chi connectivity index (χ2n) is 6.73. The van der Waals surface area contributed by atoms with Crippen LogP contribution in [0.5, 0.6) is 5.75 Å². The van der Waals surface area contributed by atoms with Gasteiger partial charge in [-0.15, -0.1) is 24.0 Å². The summed E-state index contributed by atoms with van der Waals surface area (Å²) in [6, 6.07) is 8.13. The second-order valence-corrected chi connectivity index (χ2v) is 6.73. The van der Waals surface area contributed by atoms with Crippen LogP contribution in [0.1, 0.15) is 38.7 Å². The molecule has 1 saturated carbocycles. The summed E-state index contributed by atoms with van der Waals surface area (Å²) in [7, 11) is 0. The number of nitrogens with zero attached hydrogens (tertiary/aromatic N) is 1. The monoisotopic (exact) mass is 475 g/mol. The first-order chi connectivity index (χ1) is 12.2. The van der Waals surface area contributed by atoms with Crippen molar-refractivity contribution >= 4 is 29.9 Å². The lowest BCUT2D eigenvalue weighted by Gasteiger charge is -2.15. The van der Waals surface area contributed by atoms with Crippen molar-refractivity contribution in [3.8, 4) is 5.75 Å². The predicted octanol–water partition coefficient (Wildman–Crippen LogP) is 3.75. The van der Waals surface area contributed by atoms with Crippen LogP contribution < -0.4 is 15.4 Å². The first kappa shape index (κ1) is 23.0. The van der Waals surface area contributed by atoms with Gasteiger partial charge in [-0.05, 0) is 57.6 Å². The SMILES string of the molecule is CCNC(=NCC1(CCOCC)CC1)NCCOc1ccc(C)cc1.I. The second kappa shape index (κ2) is 12.4. The zero-order chi connectivity index (χ0) is 18.0. The molecule has 0 amide bonds. The van der Waals surface area contributed by atoms with Gasteiger partial charge in [0.25, 0.3) is 0 Å². The molecule has 26 heavy (non-hydrogen) atoms. The molecule has 0 saturated heterocycles. The average Bonchev–Trinajstić information content (AvgIpc) is 3.38. The summed E-state index contributed by atoms with van der Waals surface area (Å²) in [6.07, 6.45) is 3.64. The van der Waals surface area contributed by atoms with Gasteiger partial charge >= 0.3 is 0 Å². The summed E-state index contributed by atoms with van der Waals surface area (Å²) in [5.74, 6) is 1.78. The number of ether oxygens (including phenoxy) is 2. The molecule has 0 aromatic heterocycles. The topological polar surface area (TPSA) is 54.9 Å². The normalized spacial score (nSPS) is 15.1. The molecule has 1 aliphatic carbocycles. The molecule has 6 heteroatoms. The number of aliphatic imine (C=N–C) groups is 1. The number of halogens is 1. The van der Waals surface area contributed by atoms with Gasteiger partial charge in [-0.25, -0.2) is 0 Å². The van der Waals surface area contributed by atoms with E-state index in [0.29, 0.717) is 12.0 Å². The number of benzene rings is 1. The Kier molecular flexibility index (Phi) is 11.0. The molecule has 0 aliphatic heterocycles. The zero-order valence-corrected chi connectivity index (χ0v) is 18.7. The highest BCUT2D eigenvalue weighted by Crippen LogP contribution is 2.48. The van der Waals surface area contributed by atoms with Gasteiger partial charge in [0, 0.05) is 26.3 Å². The summed E-state index contributed by atoms with van der Waals surface area (Å²) >= 11 is 0. The first-order valence-electron chi connectivity index (χ1n) is 9.47. The molecule has 1 fully saturated rings. The maximum absolute atomic E-state index is 5.75. The van der Waals surface area contributed by atoms with Crippen LogP contribution in [0, 0.1) is 12.3 Å². The Hall–Kier alpha value is -1.02. The van der Waals surface area contributed by atoms with Crippen molar-refractivity contribution in [2.45, 2.75) is 40.0 Å². The Morgan fingerprint density at radius 3 is 2.46 bits per heavy atom. The van der Waals surface area contributed by atoms with Gasteiger partial charge < -0.3 is 20.1 Å². The molecule has 1 aliphatic rings. The van der Waals surface area contributed by atoms with Crippen LogP contribution in [0.15, 0.2) is 29.3 Å². The van der Waals surface area contributed by atoms with Gasteiger partial charge in [0.2, 0.25) is 0 Å². The maximum atomic E-state index is 5.75. The van der Waals surface area contributed by atoms with Crippen molar-refractivity contribution in [2.75, 3.05) is 39.5 Å². The quantitative estimate of drug-likeness (QED) is 0.222. The van der Waals surface area contributed by atoms with Gasteiger partial charge in [0.05, 0.1) is 6.54 Å². The van der Waals surface area contributed by atoms with Gasteiger partial charge in [0.15, 0.2) is 5.96 Å². The van der Waals surface area contributed by atoms with E-state index in [9.17, 15) is 0 Å². The zero-order valence-electron chi connectivity index (χ0n) is 16.3. The van der Waals surface area contributed by atoms with E-state index in [0.717, 1.165) is 51.0 Å². The minimum atomic E-state index is 0. The molecule has 2 N–H and O–H groups in total. The van der Waals surface area contributed by atoms with Crippen LogP contribution in [-0.2, 0) is 4.74 Å². The fourth-order valence-corrected chi connectivity index (χ4v) is 2.66.